The Morgan fingerprint density at radius 1 is 1.38 bits per heavy atom. The Morgan fingerprint density at radius 2 is 2.14 bits per heavy atom. The second kappa shape index (κ2) is 5.51. The number of carbonyl (C=O) groups is 2. The summed E-state index contributed by atoms with van der Waals surface area (Å²) in [5, 5.41) is 6.54. The molecule has 7 nitrogen and oxygen atoms in total. The number of nitrogen functional groups attached to an aromatic ring is 1. The molecule has 1 aliphatic carbocycles. The first-order valence-corrected chi connectivity index (χ1v) is 7.97. The Kier molecular flexibility index (Phi) is 3.71. The van der Waals surface area contributed by atoms with Gasteiger partial charge in [0.15, 0.2) is 5.13 Å². The van der Waals surface area contributed by atoms with Crippen molar-refractivity contribution in [2.24, 2.45) is 0 Å². The third kappa shape index (κ3) is 2.80. The van der Waals surface area contributed by atoms with Crippen LogP contribution in [0.5, 0.6) is 0 Å². The van der Waals surface area contributed by atoms with E-state index in [1.165, 1.54) is 11.3 Å². The van der Waals surface area contributed by atoms with Gasteiger partial charge in [-0.05, 0) is 25.7 Å². The first-order valence-electron chi connectivity index (χ1n) is 7.15. The Hall–Kier alpha value is -1.83. The van der Waals surface area contributed by atoms with Gasteiger partial charge in [0.2, 0.25) is 5.91 Å². The minimum absolute atomic E-state index is 0.125. The van der Waals surface area contributed by atoms with Crippen LogP contribution < -0.4 is 16.4 Å². The lowest BCUT2D eigenvalue weighted by molar-refractivity contribution is -0.124. The van der Waals surface area contributed by atoms with Crippen molar-refractivity contribution in [3.05, 3.63) is 4.88 Å². The van der Waals surface area contributed by atoms with Crippen molar-refractivity contribution in [3.63, 3.8) is 0 Å². The largest absolute Gasteiger partial charge is 0.382 e. The Morgan fingerprint density at radius 3 is 2.81 bits per heavy atom. The molecule has 1 aromatic heterocycles. The smallest absolute Gasteiger partial charge is 0.268 e. The van der Waals surface area contributed by atoms with Crippen LogP contribution in [0.1, 0.15) is 35.4 Å². The fourth-order valence-electron chi connectivity index (χ4n) is 2.53. The molecule has 0 aromatic carbocycles. The second-order valence-corrected chi connectivity index (χ2v) is 6.42. The highest BCUT2D eigenvalue weighted by Crippen LogP contribution is 2.32. The van der Waals surface area contributed by atoms with Crippen molar-refractivity contribution < 1.29 is 9.59 Å². The van der Waals surface area contributed by atoms with Crippen LogP contribution in [-0.4, -0.2) is 47.4 Å². The van der Waals surface area contributed by atoms with Gasteiger partial charge in [0.25, 0.3) is 5.91 Å². The first kappa shape index (κ1) is 14.1. The maximum absolute atomic E-state index is 12.6. The molecule has 4 N–H and O–H groups in total. The molecule has 2 aliphatic rings. The zero-order chi connectivity index (χ0) is 15.0. The molecule has 1 atom stereocenters. The van der Waals surface area contributed by atoms with E-state index in [0.717, 1.165) is 19.3 Å². The number of nitrogens with two attached hydrogens (primary N) is 1. The number of anilines is 2. The lowest BCUT2D eigenvalue weighted by atomic mass is 10.2. The number of carbonyl (C=O) groups excluding carboxylic acids is 2. The number of rotatable bonds is 4. The molecule has 0 radical (unpaired) electrons. The van der Waals surface area contributed by atoms with E-state index < -0.39 is 6.04 Å². The fraction of sp³-hybridized carbons (Fsp3) is 0.615. The van der Waals surface area contributed by atoms with Crippen molar-refractivity contribution in [1.82, 2.24) is 15.2 Å². The van der Waals surface area contributed by atoms with Crippen LogP contribution in [0.3, 0.4) is 0 Å². The summed E-state index contributed by atoms with van der Waals surface area (Å²) in [6, 6.07) is 0.0627. The summed E-state index contributed by atoms with van der Waals surface area (Å²) in [5.41, 5.74) is 5.87. The maximum Gasteiger partial charge on any atom is 0.268 e. The van der Waals surface area contributed by atoms with Crippen molar-refractivity contribution >= 4 is 34.1 Å². The van der Waals surface area contributed by atoms with E-state index in [-0.39, 0.29) is 17.6 Å². The third-order valence-electron chi connectivity index (χ3n) is 3.82. The van der Waals surface area contributed by atoms with Gasteiger partial charge < -0.3 is 21.3 Å². The van der Waals surface area contributed by atoms with Crippen LogP contribution in [0, 0.1) is 0 Å². The SMILES string of the molecule is CNC(=O)C1CCCN1C(=O)c1sc(NC2CC2)nc1N. The molecule has 1 unspecified atom stereocenters. The number of thiazole rings is 1. The second-order valence-electron chi connectivity index (χ2n) is 5.42. The maximum atomic E-state index is 12.6. The molecule has 1 saturated carbocycles. The van der Waals surface area contributed by atoms with Gasteiger partial charge in [0, 0.05) is 19.6 Å². The average molecular weight is 309 g/mol. The van der Waals surface area contributed by atoms with E-state index in [4.69, 9.17) is 5.73 Å². The minimum atomic E-state index is -0.399. The molecule has 3 rings (SSSR count). The molecular formula is C13H19N5O2S. The van der Waals surface area contributed by atoms with Gasteiger partial charge in [0.1, 0.15) is 16.7 Å². The van der Waals surface area contributed by atoms with Gasteiger partial charge in [-0.1, -0.05) is 11.3 Å². The van der Waals surface area contributed by atoms with Crippen LogP contribution in [0.25, 0.3) is 0 Å². The molecule has 2 fully saturated rings. The predicted molar refractivity (Wildman–Crippen MR) is 81.3 cm³/mol. The van der Waals surface area contributed by atoms with Crippen molar-refractivity contribution in [2.75, 3.05) is 24.6 Å². The molecule has 1 aromatic rings. The molecule has 0 spiro atoms. The number of aromatic nitrogens is 1. The Bertz CT molecular complexity index is 569. The molecule has 0 bridgehead atoms. The lowest BCUT2D eigenvalue weighted by Gasteiger charge is -2.22. The summed E-state index contributed by atoms with van der Waals surface area (Å²) in [7, 11) is 1.59. The van der Waals surface area contributed by atoms with Gasteiger partial charge in [-0.2, -0.15) is 0 Å². The van der Waals surface area contributed by atoms with E-state index in [1.54, 1.807) is 11.9 Å². The average Bonchev–Trinajstić information content (AvgIpc) is 3.01. The molecule has 21 heavy (non-hydrogen) atoms. The minimum Gasteiger partial charge on any atom is -0.382 e. The highest BCUT2D eigenvalue weighted by molar-refractivity contribution is 7.18. The van der Waals surface area contributed by atoms with Crippen LogP contribution in [0.2, 0.25) is 0 Å². The molecule has 8 heteroatoms. The first-order chi connectivity index (χ1) is 10.1. The highest BCUT2D eigenvalue weighted by atomic mass is 32.1. The zero-order valence-corrected chi connectivity index (χ0v) is 12.7. The monoisotopic (exact) mass is 309 g/mol. The van der Waals surface area contributed by atoms with E-state index in [9.17, 15) is 9.59 Å². The summed E-state index contributed by atoms with van der Waals surface area (Å²) >= 11 is 1.27. The van der Waals surface area contributed by atoms with Gasteiger partial charge in [-0.25, -0.2) is 4.98 Å². The van der Waals surface area contributed by atoms with Crippen LogP contribution in [0.15, 0.2) is 0 Å². The fourth-order valence-corrected chi connectivity index (χ4v) is 3.45. The standard InChI is InChI=1S/C13H19N5O2S/c1-15-11(19)8-3-2-6-18(8)12(20)9-10(14)17-13(21-9)16-7-4-5-7/h7-8H,2-6,14H2,1H3,(H,15,19)(H,16,17). The number of likely N-dealkylation sites (N-methyl/N-ethyl adjacent to an activating group) is 1. The van der Waals surface area contributed by atoms with Crippen LogP contribution in [-0.2, 0) is 4.79 Å². The molecule has 1 saturated heterocycles. The highest BCUT2D eigenvalue weighted by Gasteiger charge is 2.36. The van der Waals surface area contributed by atoms with Crippen LogP contribution >= 0.6 is 11.3 Å². The number of likely N-dealkylation sites (tertiary alicyclic amines) is 1. The molecular weight excluding hydrogens is 290 g/mol. The quantitative estimate of drug-likeness (QED) is 0.758. The van der Waals surface area contributed by atoms with Gasteiger partial charge >= 0.3 is 0 Å². The van der Waals surface area contributed by atoms with Crippen LogP contribution in [0.4, 0.5) is 10.9 Å². The number of hydrogen-bond acceptors (Lipinski definition) is 6. The van der Waals surface area contributed by atoms with E-state index in [1.807, 2.05) is 0 Å². The summed E-state index contributed by atoms with van der Waals surface area (Å²) in [6.07, 6.45) is 3.79. The molecule has 2 heterocycles. The Balaban J connectivity index is 1.77. The molecule has 114 valence electrons. The van der Waals surface area contributed by atoms with E-state index in [2.05, 4.69) is 15.6 Å². The number of hydrogen-bond donors (Lipinski definition) is 3. The van der Waals surface area contributed by atoms with Crippen molar-refractivity contribution in [1.29, 1.82) is 0 Å². The van der Waals surface area contributed by atoms with Crippen molar-refractivity contribution in [3.8, 4) is 0 Å². The van der Waals surface area contributed by atoms with Gasteiger partial charge in [-0.15, -0.1) is 0 Å². The zero-order valence-electron chi connectivity index (χ0n) is 11.9. The van der Waals surface area contributed by atoms with Crippen molar-refractivity contribution in [2.45, 2.75) is 37.8 Å². The van der Waals surface area contributed by atoms with E-state index in [0.29, 0.717) is 29.0 Å². The molecule has 2 amide bonds. The van der Waals surface area contributed by atoms with E-state index >= 15 is 0 Å². The third-order valence-corrected chi connectivity index (χ3v) is 4.81. The number of amides is 2. The summed E-state index contributed by atoms with van der Waals surface area (Å²) in [4.78, 5) is 30.7. The topological polar surface area (TPSA) is 100 Å². The molecule has 1 aliphatic heterocycles. The Labute approximate surface area is 126 Å². The summed E-state index contributed by atoms with van der Waals surface area (Å²) in [5.74, 6) is -0.0732. The number of nitrogens with one attached hydrogen (secondary N) is 2. The predicted octanol–water partition coefficient (Wildman–Crippen LogP) is 0.650. The summed E-state index contributed by atoms with van der Waals surface area (Å²) in [6.45, 7) is 0.583. The lowest BCUT2D eigenvalue weighted by Crippen LogP contribution is -2.44. The normalized spacial score (nSPS) is 21.4. The summed E-state index contributed by atoms with van der Waals surface area (Å²) < 4.78 is 0. The number of nitrogens with zero attached hydrogens (tertiary/aromatic N) is 2. The van der Waals surface area contributed by atoms with Gasteiger partial charge in [-0.3, -0.25) is 9.59 Å². The van der Waals surface area contributed by atoms with Gasteiger partial charge in [0.05, 0.1) is 0 Å².